The van der Waals surface area contributed by atoms with Crippen LogP contribution >= 0.6 is 0 Å². The minimum absolute atomic E-state index is 0.0664. The Balaban J connectivity index is 2.10. The minimum Gasteiger partial charge on any atom is -0.451 e. The molecule has 0 amide bonds. The van der Waals surface area contributed by atoms with Crippen molar-refractivity contribution in [1.29, 1.82) is 0 Å². The molecular formula is C17H14F5N5O3. The molecule has 0 fully saturated rings. The number of halogens is 5. The molecule has 1 aromatic carbocycles. The normalized spacial score (nSPS) is 11.8. The molecular weight excluding hydrogens is 417 g/mol. The zero-order valence-corrected chi connectivity index (χ0v) is 15.2. The molecule has 2 heterocycles. The van der Waals surface area contributed by atoms with Crippen molar-refractivity contribution >= 4 is 5.69 Å². The Morgan fingerprint density at radius 3 is 2.50 bits per heavy atom. The lowest BCUT2D eigenvalue weighted by Gasteiger charge is -2.16. The van der Waals surface area contributed by atoms with Gasteiger partial charge in [-0.2, -0.15) is 18.3 Å². The molecule has 3 N–H and O–H groups in total. The summed E-state index contributed by atoms with van der Waals surface area (Å²) in [4.78, 5) is 24.1. The maximum absolute atomic E-state index is 13.4. The summed E-state index contributed by atoms with van der Waals surface area (Å²) in [5.74, 6) is -1.52. The van der Waals surface area contributed by atoms with E-state index >= 15 is 0 Å². The van der Waals surface area contributed by atoms with Crippen molar-refractivity contribution in [2.24, 2.45) is 7.05 Å². The van der Waals surface area contributed by atoms with Crippen molar-refractivity contribution in [2.75, 3.05) is 5.73 Å². The van der Waals surface area contributed by atoms with Crippen molar-refractivity contribution in [3.05, 3.63) is 68.3 Å². The smallest absolute Gasteiger partial charge is 0.420 e. The molecule has 0 unspecified atom stereocenters. The largest absolute Gasteiger partial charge is 0.451 e. The summed E-state index contributed by atoms with van der Waals surface area (Å²) in [6, 6.07) is 3.33. The number of anilines is 1. The van der Waals surface area contributed by atoms with Crippen LogP contribution < -0.4 is 21.7 Å². The van der Waals surface area contributed by atoms with Gasteiger partial charge in [0.15, 0.2) is 5.82 Å². The highest BCUT2D eigenvalue weighted by Gasteiger charge is 2.36. The molecule has 0 bridgehead atoms. The molecule has 0 radical (unpaired) electrons. The van der Waals surface area contributed by atoms with E-state index in [0.29, 0.717) is 6.07 Å². The van der Waals surface area contributed by atoms with E-state index in [1.807, 2.05) is 0 Å². The molecule has 0 aliphatic rings. The highest BCUT2D eigenvalue weighted by Crippen LogP contribution is 2.37. The van der Waals surface area contributed by atoms with E-state index in [9.17, 15) is 31.5 Å². The first-order valence-electron chi connectivity index (χ1n) is 8.24. The van der Waals surface area contributed by atoms with Gasteiger partial charge in [-0.05, 0) is 18.2 Å². The average Bonchev–Trinajstić information content (AvgIpc) is 2.95. The van der Waals surface area contributed by atoms with Crippen LogP contribution in [-0.2, 0) is 19.8 Å². The Labute approximate surface area is 164 Å². The molecule has 2 aromatic heterocycles. The number of hydrogen-bond acceptors (Lipinski definition) is 5. The quantitative estimate of drug-likeness (QED) is 0.477. The fourth-order valence-electron chi connectivity index (χ4n) is 2.62. The van der Waals surface area contributed by atoms with Crippen molar-refractivity contribution in [3.8, 4) is 11.5 Å². The second kappa shape index (κ2) is 7.65. The Morgan fingerprint density at radius 1 is 1.23 bits per heavy atom. The number of alkyl halides is 5. The first-order valence-corrected chi connectivity index (χ1v) is 8.24. The first kappa shape index (κ1) is 21.1. The van der Waals surface area contributed by atoms with Gasteiger partial charge in [0.05, 0.1) is 6.54 Å². The van der Waals surface area contributed by atoms with Gasteiger partial charge >= 0.3 is 11.9 Å². The molecule has 8 nitrogen and oxygen atoms in total. The number of aromatic nitrogens is 4. The van der Waals surface area contributed by atoms with Crippen LogP contribution in [0.2, 0.25) is 0 Å². The van der Waals surface area contributed by atoms with E-state index in [1.165, 1.54) is 7.05 Å². The average molecular weight is 431 g/mol. The van der Waals surface area contributed by atoms with Gasteiger partial charge in [0.2, 0.25) is 5.75 Å². The summed E-state index contributed by atoms with van der Waals surface area (Å²) in [7, 11) is 1.35. The van der Waals surface area contributed by atoms with Crippen LogP contribution in [0.25, 0.3) is 0 Å². The number of hydrogen-bond donors (Lipinski definition) is 2. The second-order valence-electron chi connectivity index (χ2n) is 6.23. The molecule has 160 valence electrons. The van der Waals surface area contributed by atoms with Gasteiger partial charge in [0.25, 0.3) is 12.0 Å². The maximum atomic E-state index is 13.4. The van der Waals surface area contributed by atoms with Gasteiger partial charge in [-0.3, -0.25) is 9.36 Å². The summed E-state index contributed by atoms with van der Waals surface area (Å²) in [6.45, 7) is -0.345. The fraction of sp³-hybridized carbons (Fsp3) is 0.235. The van der Waals surface area contributed by atoms with Crippen LogP contribution in [0.15, 0.2) is 40.1 Å². The topological polar surface area (TPSA) is 108 Å². The predicted molar refractivity (Wildman–Crippen MR) is 94.5 cm³/mol. The van der Waals surface area contributed by atoms with Gasteiger partial charge < -0.3 is 15.0 Å². The molecule has 3 rings (SSSR count). The number of pyridine rings is 1. The van der Waals surface area contributed by atoms with Gasteiger partial charge in [0.1, 0.15) is 11.3 Å². The molecule has 30 heavy (non-hydrogen) atoms. The van der Waals surface area contributed by atoms with Crippen LogP contribution in [0.4, 0.5) is 27.6 Å². The van der Waals surface area contributed by atoms with Gasteiger partial charge in [-0.15, -0.1) is 0 Å². The van der Waals surface area contributed by atoms with E-state index in [1.54, 1.807) is 0 Å². The lowest BCUT2D eigenvalue weighted by atomic mass is 10.2. The van der Waals surface area contributed by atoms with E-state index in [2.05, 4.69) is 10.2 Å². The zero-order chi connectivity index (χ0) is 22.2. The minimum atomic E-state index is -4.96. The summed E-state index contributed by atoms with van der Waals surface area (Å²) in [6.07, 6.45) is -7.05. The second-order valence-corrected chi connectivity index (χ2v) is 6.23. The maximum Gasteiger partial charge on any atom is 0.420 e. The molecule has 13 heteroatoms. The molecule has 0 aliphatic carbocycles. The van der Waals surface area contributed by atoms with Crippen LogP contribution in [0.5, 0.6) is 11.5 Å². The van der Waals surface area contributed by atoms with Gasteiger partial charge in [0, 0.05) is 30.6 Å². The lowest BCUT2D eigenvalue weighted by molar-refractivity contribution is -0.138. The van der Waals surface area contributed by atoms with E-state index in [-0.39, 0.29) is 18.1 Å². The SMILES string of the molecule is Cn1c(Cn2ccc(C(F)(F)F)c(Oc3cc(N)cc(C(F)F)c3)c2=O)n[nH]c1=O. The van der Waals surface area contributed by atoms with Crippen LogP contribution in [0.1, 0.15) is 23.4 Å². The molecule has 0 saturated carbocycles. The first-order chi connectivity index (χ1) is 14.0. The zero-order valence-electron chi connectivity index (χ0n) is 15.2. The Morgan fingerprint density at radius 2 is 1.93 bits per heavy atom. The van der Waals surface area contributed by atoms with Crippen molar-refractivity contribution in [3.63, 3.8) is 0 Å². The number of H-pyrrole nitrogens is 1. The van der Waals surface area contributed by atoms with E-state index in [0.717, 1.165) is 33.5 Å². The number of nitrogens with one attached hydrogen (secondary N) is 1. The third kappa shape index (κ3) is 4.18. The Bertz CT molecular complexity index is 1200. The number of rotatable bonds is 5. The Hall–Kier alpha value is -3.64. The monoisotopic (exact) mass is 431 g/mol. The number of ether oxygens (including phenoxy) is 1. The standard InChI is InChI=1S/C17H14F5N5O3/c1-26-12(24-25-16(26)29)7-27-3-2-11(17(20,21)22)13(15(27)28)30-10-5-8(14(18)19)4-9(23)6-10/h2-6,14H,7,23H2,1H3,(H,25,29). The van der Waals surface area contributed by atoms with Gasteiger partial charge in [-0.1, -0.05) is 0 Å². The highest BCUT2D eigenvalue weighted by molar-refractivity contribution is 5.49. The van der Waals surface area contributed by atoms with Crippen LogP contribution in [-0.4, -0.2) is 19.3 Å². The molecule has 0 spiro atoms. The third-order valence-electron chi connectivity index (χ3n) is 4.13. The number of nitrogens with zero attached hydrogens (tertiary/aromatic N) is 3. The van der Waals surface area contributed by atoms with Crippen LogP contribution in [0, 0.1) is 0 Å². The highest BCUT2D eigenvalue weighted by atomic mass is 19.4. The Kier molecular flexibility index (Phi) is 5.37. The number of nitrogens with two attached hydrogens (primary N) is 1. The van der Waals surface area contributed by atoms with Crippen molar-refractivity contribution in [1.82, 2.24) is 19.3 Å². The fourth-order valence-corrected chi connectivity index (χ4v) is 2.62. The van der Waals surface area contributed by atoms with E-state index in [4.69, 9.17) is 10.5 Å². The third-order valence-corrected chi connectivity index (χ3v) is 4.13. The summed E-state index contributed by atoms with van der Waals surface area (Å²) in [5, 5.41) is 5.82. The van der Waals surface area contributed by atoms with Crippen LogP contribution in [0.3, 0.4) is 0 Å². The number of nitrogen functional groups attached to an aromatic ring is 1. The number of benzene rings is 1. The summed E-state index contributed by atoms with van der Waals surface area (Å²) >= 11 is 0. The lowest BCUT2D eigenvalue weighted by Crippen LogP contribution is -2.26. The molecule has 3 aromatic rings. The number of aromatic amines is 1. The molecule has 0 saturated heterocycles. The molecule has 0 aliphatic heterocycles. The predicted octanol–water partition coefficient (Wildman–Crippen LogP) is 2.65. The van der Waals surface area contributed by atoms with E-state index < -0.39 is 46.5 Å². The summed E-state index contributed by atoms with van der Waals surface area (Å²) < 4.78 is 73.1. The van der Waals surface area contributed by atoms with Gasteiger partial charge in [-0.25, -0.2) is 18.7 Å². The van der Waals surface area contributed by atoms with Crippen molar-refractivity contribution < 1.29 is 26.7 Å². The van der Waals surface area contributed by atoms with Crippen molar-refractivity contribution in [2.45, 2.75) is 19.1 Å². The summed E-state index contributed by atoms with van der Waals surface area (Å²) in [5.41, 5.74) is 1.55. The molecule has 0 atom stereocenters.